The van der Waals surface area contributed by atoms with E-state index in [0.717, 1.165) is 16.1 Å². The van der Waals surface area contributed by atoms with Crippen molar-refractivity contribution in [2.75, 3.05) is 27.7 Å². The van der Waals surface area contributed by atoms with Crippen molar-refractivity contribution in [1.29, 1.82) is 0 Å². The van der Waals surface area contributed by atoms with E-state index in [0.29, 0.717) is 5.69 Å². The average molecular weight is 367 g/mol. The van der Waals surface area contributed by atoms with Crippen molar-refractivity contribution in [3.63, 3.8) is 0 Å². The molecule has 0 atom stereocenters. The van der Waals surface area contributed by atoms with Crippen LogP contribution < -0.4 is 14.9 Å². The SMILES string of the molecule is CC(=O)Nc1nonc1NC(=O)CN(c1cccc(C)c1)S(C)(=O)=O. The van der Waals surface area contributed by atoms with Crippen molar-refractivity contribution in [3.8, 4) is 0 Å². The van der Waals surface area contributed by atoms with Crippen LogP contribution >= 0.6 is 0 Å². The van der Waals surface area contributed by atoms with Crippen molar-refractivity contribution < 1.29 is 22.6 Å². The number of rotatable bonds is 6. The molecule has 2 rings (SSSR count). The Bertz CT molecular complexity index is 893. The monoisotopic (exact) mass is 367 g/mol. The smallest absolute Gasteiger partial charge is 0.246 e. The van der Waals surface area contributed by atoms with E-state index in [1.54, 1.807) is 18.2 Å². The molecule has 0 aliphatic rings. The van der Waals surface area contributed by atoms with Gasteiger partial charge in [-0.25, -0.2) is 13.0 Å². The molecule has 2 amide bonds. The zero-order valence-corrected chi connectivity index (χ0v) is 14.6. The number of hydrogen-bond donors (Lipinski definition) is 2. The van der Waals surface area contributed by atoms with Crippen LogP contribution in [0, 0.1) is 6.92 Å². The van der Waals surface area contributed by atoms with Crippen molar-refractivity contribution in [1.82, 2.24) is 10.3 Å². The number of nitrogens with zero attached hydrogens (tertiary/aromatic N) is 3. The van der Waals surface area contributed by atoms with Crippen molar-refractivity contribution in [2.24, 2.45) is 0 Å². The van der Waals surface area contributed by atoms with Gasteiger partial charge in [0.05, 0.1) is 11.9 Å². The van der Waals surface area contributed by atoms with Crippen LogP contribution in [0.15, 0.2) is 28.9 Å². The molecule has 2 aromatic rings. The maximum atomic E-state index is 12.2. The van der Waals surface area contributed by atoms with Gasteiger partial charge in [-0.1, -0.05) is 12.1 Å². The Labute approximate surface area is 144 Å². The molecule has 1 aromatic heterocycles. The Morgan fingerprint density at radius 1 is 1.20 bits per heavy atom. The highest BCUT2D eigenvalue weighted by Crippen LogP contribution is 2.20. The third-order valence-corrected chi connectivity index (χ3v) is 4.16. The number of aryl methyl sites for hydroxylation is 1. The van der Waals surface area contributed by atoms with Crippen LogP contribution in [0.2, 0.25) is 0 Å². The Hall–Kier alpha value is -2.95. The van der Waals surface area contributed by atoms with E-state index < -0.39 is 28.4 Å². The second-order valence-electron chi connectivity index (χ2n) is 5.30. The molecule has 25 heavy (non-hydrogen) atoms. The normalized spacial score (nSPS) is 11.0. The first-order valence-corrected chi connectivity index (χ1v) is 8.96. The number of carbonyl (C=O) groups excluding carboxylic acids is 2. The number of nitrogens with one attached hydrogen (secondary N) is 2. The molecule has 0 saturated heterocycles. The Morgan fingerprint density at radius 3 is 2.40 bits per heavy atom. The summed E-state index contributed by atoms with van der Waals surface area (Å²) < 4.78 is 29.5. The first-order chi connectivity index (χ1) is 11.7. The van der Waals surface area contributed by atoms with Crippen LogP contribution in [0.4, 0.5) is 17.3 Å². The largest absolute Gasteiger partial charge is 0.305 e. The maximum Gasteiger partial charge on any atom is 0.246 e. The van der Waals surface area contributed by atoms with Gasteiger partial charge in [-0.3, -0.25) is 13.9 Å². The van der Waals surface area contributed by atoms with Crippen LogP contribution in [0.3, 0.4) is 0 Å². The van der Waals surface area contributed by atoms with Gasteiger partial charge >= 0.3 is 0 Å². The Morgan fingerprint density at radius 2 is 1.84 bits per heavy atom. The van der Waals surface area contributed by atoms with E-state index in [1.165, 1.54) is 6.92 Å². The summed E-state index contributed by atoms with van der Waals surface area (Å²) in [5, 5.41) is 11.6. The molecule has 0 spiro atoms. The standard InChI is InChI=1S/C14H17N5O5S/c1-9-5-4-6-11(7-9)19(25(3,22)23)8-12(21)16-14-13(15-10(2)20)17-24-18-14/h4-7H,8H2,1-3H3,(H,15,17,20)(H,16,18,21). The van der Waals surface area contributed by atoms with Gasteiger partial charge in [0.1, 0.15) is 6.54 Å². The fraction of sp³-hybridized carbons (Fsp3) is 0.286. The second-order valence-corrected chi connectivity index (χ2v) is 7.21. The molecular weight excluding hydrogens is 350 g/mol. The van der Waals surface area contributed by atoms with Gasteiger partial charge < -0.3 is 10.6 Å². The van der Waals surface area contributed by atoms with E-state index in [9.17, 15) is 18.0 Å². The third-order valence-electron chi connectivity index (χ3n) is 3.02. The molecule has 0 aliphatic heterocycles. The van der Waals surface area contributed by atoms with E-state index >= 15 is 0 Å². The summed E-state index contributed by atoms with van der Waals surface area (Å²) in [6, 6.07) is 6.73. The summed E-state index contributed by atoms with van der Waals surface area (Å²) in [6.07, 6.45) is 1.00. The maximum absolute atomic E-state index is 12.2. The summed E-state index contributed by atoms with van der Waals surface area (Å²) >= 11 is 0. The molecule has 0 fully saturated rings. The minimum Gasteiger partial charge on any atom is -0.305 e. The zero-order chi connectivity index (χ0) is 18.6. The predicted octanol–water partition coefficient (Wildman–Crippen LogP) is 0.741. The quantitative estimate of drug-likeness (QED) is 0.769. The predicted molar refractivity (Wildman–Crippen MR) is 90.6 cm³/mol. The van der Waals surface area contributed by atoms with Crippen LogP contribution in [0.5, 0.6) is 0 Å². The lowest BCUT2D eigenvalue weighted by molar-refractivity contribution is -0.115. The number of hydrogen-bond acceptors (Lipinski definition) is 7. The molecule has 0 saturated carbocycles. The summed E-state index contributed by atoms with van der Waals surface area (Å²) in [5.74, 6) is -1.28. The van der Waals surface area contributed by atoms with Crippen LogP contribution in [0.1, 0.15) is 12.5 Å². The minimum atomic E-state index is -3.69. The summed E-state index contributed by atoms with van der Waals surface area (Å²) in [5.41, 5.74) is 1.21. The first kappa shape index (κ1) is 18.4. The van der Waals surface area contributed by atoms with E-state index in [1.807, 2.05) is 13.0 Å². The number of carbonyl (C=O) groups is 2. The van der Waals surface area contributed by atoms with Gasteiger partial charge in [-0.15, -0.1) is 0 Å². The van der Waals surface area contributed by atoms with Gasteiger partial charge in [0.15, 0.2) is 0 Å². The number of sulfonamides is 1. The topological polar surface area (TPSA) is 134 Å². The molecule has 0 unspecified atom stereocenters. The first-order valence-electron chi connectivity index (χ1n) is 7.11. The molecule has 134 valence electrons. The van der Waals surface area contributed by atoms with Gasteiger partial charge in [-0.2, -0.15) is 0 Å². The number of benzene rings is 1. The molecule has 0 bridgehead atoms. The third kappa shape index (κ3) is 5.01. The molecule has 0 aliphatic carbocycles. The van der Waals surface area contributed by atoms with Crippen LogP contribution in [-0.2, 0) is 19.6 Å². The fourth-order valence-electron chi connectivity index (χ4n) is 2.00. The molecule has 10 nitrogen and oxygen atoms in total. The Balaban J connectivity index is 2.18. The van der Waals surface area contributed by atoms with Gasteiger partial charge in [0, 0.05) is 6.92 Å². The lowest BCUT2D eigenvalue weighted by Crippen LogP contribution is -2.37. The summed E-state index contributed by atoms with van der Waals surface area (Å²) in [6.45, 7) is 2.59. The van der Waals surface area contributed by atoms with Crippen molar-refractivity contribution in [2.45, 2.75) is 13.8 Å². The van der Waals surface area contributed by atoms with Crippen LogP contribution in [0.25, 0.3) is 0 Å². The number of amides is 2. The van der Waals surface area contributed by atoms with E-state index in [2.05, 4.69) is 25.6 Å². The molecule has 0 radical (unpaired) electrons. The zero-order valence-electron chi connectivity index (χ0n) is 13.8. The molecule has 1 aromatic carbocycles. The second kappa shape index (κ2) is 7.30. The lowest BCUT2D eigenvalue weighted by atomic mass is 10.2. The number of anilines is 3. The van der Waals surface area contributed by atoms with E-state index in [-0.39, 0.29) is 11.6 Å². The molecule has 11 heteroatoms. The average Bonchev–Trinajstić information content (AvgIpc) is 2.90. The fourth-order valence-corrected chi connectivity index (χ4v) is 2.85. The highest BCUT2D eigenvalue weighted by molar-refractivity contribution is 7.92. The van der Waals surface area contributed by atoms with Gasteiger partial charge in [0.25, 0.3) is 0 Å². The highest BCUT2D eigenvalue weighted by Gasteiger charge is 2.22. The summed E-state index contributed by atoms with van der Waals surface area (Å²) in [4.78, 5) is 23.3. The van der Waals surface area contributed by atoms with Gasteiger partial charge in [-0.05, 0) is 34.9 Å². The van der Waals surface area contributed by atoms with Gasteiger partial charge in [0.2, 0.25) is 33.5 Å². The lowest BCUT2D eigenvalue weighted by Gasteiger charge is -2.22. The van der Waals surface area contributed by atoms with Crippen molar-refractivity contribution >= 4 is 39.2 Å². The molecule has 1 heterocycles. The van der Waals surface area contributed by atoms with Crippen molar-refractivity contribution in [3.05, 3.63) is 29.8 Å². The minimum absolute atomic E-state index is 0.0673. The Kier molecular flexibility index (Phi) is 5.37. The molecular formula is C14H17N5O5S. The van der Waals surface area contributed by atoms with E-state index in [4.69, 9.17) is 0 Å². The van der Waals surface area contributed by atoms with Crippen LogP contribution in [-0.4, -0.2) is 43.3 Å². The number of aromatic nitrogens is 2. The summed E-state index contributed by atoms with van der Waals surface area (Å²) in [7, 11) is -3.69. The molecule has 2 N–H and O–H groups in total. The highest BCUT2D eigenvalue weighted by atomic mass is 32.2.